The first kappa shape index (κ1) is 17.1. The van der Waals surface area contributed by atoms with Crippen molar-refractivity contribution in [1.29, 1.82) is 0 Å². The van der Waals surface area contributed by atoms with Gasteiger partial charge in [-0.3, -0.25) is 19.9 Å². The molecule has 1 aromatic rings. The molecule has 0 fully saturated rings. The molecule has 0 saturated carbocycles. The highest BCUT2D eigenvalue weighted by Crippen LogP contribution is 2.18. The minimum atomic E-state index is -0.596. The maximum absolute atomic E-state index is 12.0. The first-order valence-corrected chi connectivity index (χ1v) is 6.98. The molecule has 1 atom stereocenters. The molecule has 0 saturated heterocycles. The Morgan fingerprint density at radius 3 is 2.38 bits per heavy atom. The Labute approximate surface area is 125 Å². The molecule has 6 nitrogen and oxygen atoms in total. The molecule has 6 heteroatoms. The minimum absolute atomic E-state index is 0.114. The lowest BCUT2D eigenvalue weighted by Crippen LogP contribution is -2.45. The van der Waals surface area contributed by atoms with Crippen LogP contribution in [0.15, 0.2) is 30.3 Å². The summed E-state index contributed by atoms with van der Waals surface area (Å²) in [6, 6.07) is 8.64. The molecule has 116 valence electrons. The summed E-state index contributed by atoms with van der Waals surface area (Å²) in [5.41, 5.74) is 2.95. The molecule has 0 spiro atoms. The molecule has 1 unspecified atom stereocenters. The normalized spacial score (nSPS) is 12.3. The predicted molar refractivity (Wildman–Crippen MR) is 82.0 cm³/mol. The summed E-state index contributed by atoms with van der Waals surface area (Å²) in [7, 11) is 1.72. The van der Waals surface area contributed by atoms with Crippen LogP contribution in [0, 0.1) is 5.92 Å². The highest BCUT2D eigenvalue weighted by Gasteiger charge is 2.25. The van der Waals surface area contributed by atoms with Gasteiger partial charge in [-0.05, 0) is 18.5 Å². The Morgan fingerprint density at radius 2 is 1.86 bits per heavy atom. The number of benzene rings is 1. The summed E-state index contributed by atoms with van der Waals surface area (Å²) >= 11 is 0. The van der Waals surface area contributed by atoms with E-state index in [1.165, 1.54) is 0 Å². The number of amides is 2. The number of nitrogens with one attached hydrogen (secondary N) is 2. The number of carbonyl (C=O) groups is 2. The lowest BCUT2D eigenvalue weighted by Gasteiger charge is -2.26. The van der Waals surface area contributed by atoms with Crippen molar-refractivity contribution in [2.45, 2.75) is 19.9 Å². The van der Waals surface area contributed by atoms with Crippen LogP contribution in [0.1, 0.15) is 25.5 Å². The quantitative estimate of drug-likeness (QED) is 0.386. The Bertz CT molecular complexity index is 462. The van der Waals surface area contributed by atoms with Crippen LogP contribution in [0.5, 0.6) is 0 Å². The zero-order valence-electron chi connectivity index (χ0n) is 12.8. The van der Waals surface area contributed by atoms with Gasteiger partial charge in [0, 0.05) is 6.54 Å². The fraction of sp³-hybridized carbons (Fsp3) is 0.467. The largest absolute Gasteiger partial charge is 0.355 e. The summed E-state index contributed by atoms with van der Waals surface area (Å²) in [6.07, 6.45) is 0. The van der Waals surface area contributed by atoms with Gasteiger partial charge in [0.25, 0.3) is 5.91 Å². The van der Waals surface area contributed by atoms with E-state index in [1.54, 1.807) is 11.9 Å². The third-order valence-corrected chi connectivity index (χ3v) is 3.05. The number of hydrogen-bond donors (Lipinski definition) is 3. The van der Waals surface area contributed by atoms with Gasteiger partial charge in [0.05, 0.1) is 6.54 Å². The topological polar surface area (TPSA) is 87.5 Å². The van der Waals surface area contributed by atoms with Crippen molar-refractivity contribution in [1.82, 2.24) is 15.6 Å². The Balaban J connectivity index is 2.75. The molecule has 4 N–H and O–H groups in total. The molecular formula is C15H24N4O2. The van der Waals surface area contributed by atoms with Crippen LogP contribution in [0.4, 0.5) is 0 Å². The average molecular weight is 292 g/mol. The maximum atomic E-state index is 12.0. The molecule has 1 aromatic carbocycles. The standard InChI is InChI=1S/C15H24N4O2/c1-11(2)9-17-13(20)10-19(3)14(15(21)18-16)12-7-5-4-6-8-12/h4-8,11,14H,9-10,16H2,1-3H3,(H,17,20)(H,18,21). The van der Waals surface area contributed by atoms with Gasteiger partial charge < -0.3 is 5.32 Å². The predicted octanol–water partition coefficient (Wildman–Crippen LogP) is 0.422. The smallest absolute Gasteiger partial charge is 0.255 e. The number of nitrogens with two attached hydrogens (primary N) is 1. The molecule has 0 heterocycles. The Morgan fingerprint density at radius 1 is 1.24 bits per heavy atom. The van der Waals surface area contributed by atoms with Crippen LogP contribution >= 0.6 is 0 Å². The van der Waals surface area contributed by atoms with Crippen LogP contribution < -0.4 is 16.6 Å². The van der Waals surface area contributed by atoms with E-state index >= 15 is 0 Å². The van der Waals surface area contributed by atoms with Crippen molar-refractivity contribution in [2.75, 3.05) is 20.1 Å². The molecule has 21 heavy (non-hydrogen) atoms. The molecule has 2 amide bonds. The number of likely N-dealkylation sites (N-methyl/N-ethyl adjacent to an activating group) is 1. The van der Waals surface area contributed by atoms with E-state index < -0.39 is 6.04 Å². The molecule has 0 aromatic heterocycles. The average Bonchev–Trinajstić information content (AvgIpc) is 2.46. The van der Waals surface area contributed by atoms with E-state index in [0.717, 1.165) is 5.56 Å². The SMILES string of the molecule is CC(C)CNC(=O)CN(C)C(C(=O)NN)c1ccccc1. The van der Waals surface area contributed by atoms with Gasteiger partial charge in [0.2, 0.25) is 5.91 Å². The number of rotatable bonds is 7. The van der Waals surface area contributed by atoms with Crippen molar-refractivity contribution in [2.24, 2.45) is 11.8 Å². The molecule has 0 aliphatic rings. The zero-order valence-corrected chi connectivity index (χ0v) is 12.8. The van der Waals surface area contributed by atoms with Gasteiger partial charge in [0.15, 0.2) is 0 Å². The highest BCUT2D eigenvalue weighted by molar-refractivity contribution is 5.84. The van der Waals surface area contributed by atoms with Gasteiger partial charge in [0.1, 0.15) is 6.04 Å². The Kier molecular flexibility index (Phi) is 6.84. The third kappa shape index (κ3) is 5.53. The van der Waals surface area contributed by atoms with E-state index in [0.29, 0.717) is 12.5 Å². The third-order valence-electron chi connectivity index (χ3n) is 3.05. The molecule has 1 rings (SSSR count). The van der Waals surface area contributed by atoms with E-state index in [-0.39, 0.29) is 18.4 Å². The molecule has 0 radical (unpaired) electrons. The van der Waals surface area contributed by atoms with Crippen LogP contribution in [-0.4, -0.2) is 36.9 Å². The van der Waals surface area contributed by atoms with Crippen LogP contribution in [0.3, 0.4) is 0 Å². The number of hydrogen-bond acceptors (Lipinski definition) is 4. The summed E-state index contributed by atoms with van der Waals surface area (Å²) in [4.78, 5) is 25.6. The van der Waals surface area contributed by atoms with E-state index in [1.807, 2.05) is 44.2 Å². The second kappa shape index (κ2) is 8.39. The van der Waals surface area contributed by atoms with Crippen LogP contribution in [0.25, 0.3) is 0 Å². The van der Waals surface area contributed by atoms with Crippen molar-refractivity contribution in [3.8, 4) is 0 Å². The molecular weight excluding hydrogens is 268 g/mol. The Hall–Kier alpha value is -1.92. The summed E-state index contributed by atoms with van der Waals surface area (Å²) in [6.45, 7) is 4.79. The second-order valence-corrected chi connectivity index (χ2v) is 5.43. The molecule has 0 aliphatic carbocycles. The number of hydrazine groups is 1. The van der Waals surface area contributed by atoms with Gasteiger partial charge in [-0.25, -0.2) is 5.84 Å². The minimum Gasteiger partial charge on any atom is -0.355 e. The summed E-state index contributed by atoms with van der Waals surface area (Å²) in [5.74, 6) is 5.18. The van der Waals surface area contributed by atoms with E-state index in [4.69, 9.17) is 5.84 Å². The zero-order chi connectivity index (χ0) is 15.8. The second-order valence-electron chi connectivity index (χ2n) is 5.43. The van der Waals surface area contributed by atoms with Gasteiger partial charge >= 0.3 is 0 Å². The van der Waals surface area contributed by atoms with Crippen molar-refractivity contribution < 1.29 is 9.59 Å². The maximum Gasteiger partial charge on any atom is 0.255 e. The van der Waals surface area contributed by atoms with Crippen LogP contribution in [0.2, 0.25) is 0 Å². The first-order valence-electron chi connectivity index (χ1n) is 6.98. The van der Waals surface area contributed by atoms with Crippen molar-refractivity contribution in [3.05, 3.63) is 35.9 Å². The monoisotopic (exact) mass is 292 g/mol. The number of carbonyl (C=O) groups excluding carboxylic acids is 2. The lowest BCUT2D eigenvalue weighted by molar-refractivity contribution is -0.128. The summed E-state index contributed by atoms with van der Waals surface area (Å²) < 4.78 is 0. The van der Waals surface area contributed by atoms with Crippen LogP contribution in [-0.2, 0) is 9.59 Å². The van der Waals surface area contributed by atoms with Gasteiger partial charge in [-0.1, -0.05) is 44.2 Å². The lowest BCUT2D eigenvalue weighted by atomic mass is 10.1. The number of nitrogens with zero attached hydrogens (tertiary/aromatic N) is 1. The van der Waals surface area contributed by atoms with Gasteiger partial charge in [-0.2, -0.15) is 0 Å². The van der Waals surface area contributed by atoms with E-state index in [9.17, 15) is 9.59 Å². The molecule has 0 aliphatic heterocycles. The fourth-order valence-electron chi connectivity index (χ4n) is 2.01. The molecule has 0 bridgehead atoms. The first-order chi connectivity index (χ1) is 9.95. The fourth-order valence-corrected chi connectivity index (χ4v) is 2.01. The van der Waals surface area contributed by atoms with Gasteiger partial charge in [-0.15, -0.1) is 0 Å². The van der Waals surface area contributed by atoms with E-state index in [2.05, 4.69) is 10.7 Å². The van der Waals surface area contributed by atoms with Crippen molar-refractivity contribution in [3.63, 3.8) is 0 Å². The summed E-state index contributed by atoms with van der Waals surface area (Å²) in [5, 5.41) is 2.83. The van der Waals surface area contributed by atoms with Crippen molar-refractivity contribution >= 4 is 11.8 Å². The highest BCUT2D eigenvalue weighted by atomic mass is 16.2.